The number of aromatic nitrogens is 3. The van der Waals surface area contributed by atoms with E-state index in [4.69, 9.17) is 0 Å². The van der Waals surface area contributed by atoms with Gasteiger partial charge in [-0.25, -0.2) is 4.79 Å². The van der Waals surface area contributed by atoms with Gasteiger partial charge in [-0.1, -0.05) is 47.7 Å². The summed E-state index contributed by atoms with van der Waals surface area (Å²) in [7, 11) is 0. The number of hydrogen-bond donors (Lipinski definition) is 2. The van der Waals surface area contributed by atoms with Gasteiger partial charge in [-0.2, -0.15) is 0 Å². The molecule has 0 aliphatic heterocycles. The van der Waals surface area contributed by atoms with Gasteiger partial charge in [0.2, 0.25) is 5.13 Å². The number of nitrogens with zero attached hydrogens (tertiary/aromatic N) is 3. The van der Waals surface area contributed by atoms with Gasteiger partial charge in [0.15, 0.2) is 0 Å². The Morgan fingerprint density at radius 2 is 1.68 bits per heavy atom. The Balaban J connectivity index is 1.50. The number of carbonyl (C=O) groups excluding carboxylic acids is 1. The van der Waals surface area contributed by atoms with E-state index in [0.717, 1.165) is 27.0 Å². The summed E-state index contributed by atoms with van der Waals surface area (Å²) in [5, 5.41) is 16.9. The predicted molar refractivity (Wildman–Crippen MR) is 99.7 cm³/mol. The first-order chi connectivity index (χ1) is 12.3. The van der Waals surface area contributed by atoms with Crippen molar-refractivity contribution < 1.29 is 4.79 Å². The van der Waals surface area contributed by atoms with Gasteiger partial charge in [0.05, 0.1) is 5.69 Å². The third kappa shape index (κ3) is 3.31. The minimum atomic E-state index is -0.353. The van der Waals surface area contributed by atoms with Crippen LogP contribution in [0.3, 0.4) is 0 Å². The van der Waals surface area contributed by atoms with E-state index in [9.17, 15) is 4.79 Å². The molecule has 25 heavy (non-hydrogen) atoms. The summed E-state index contributed by atoms with van der Waals surface area (Å²) in [4.78, 5) is 16.3. The second-order valence-electron chi connectivity index (χ2n) is 5.25. The molecule has 0 fully saturated rings. The first-order valence-electron chi connectivity index (χ1n) is 7.59. The van der Waals surface area contributed by atoms with Crippen LogP contribution in [0, 0.1) is 0 Å². The van der Waals surface area contributed by atoms with Crippen LogP contribution < -0.4 is 10.6 Å². The van der Waals surface area contributed by atoms with Crippen molar-refractivity contribution in [2.75, 3.05) is 10.6 Å². The van der Waals surface area contributed by atoms with E-state index < -0.39 is 0 Å². The Bertz CT molecular complexity index is 1030. The molecule has 4 aromatic rings. The largest absolute Gasteiger partial charge is 0.325 e. The molecule has 0 atom stereocenters. The van der Waals surface area contributed by atoms with Gasteiger partial charge in [0.25, 0.3) is 0 Å². The van der Waals surface area contributed by atoms with Crippen LogP contribution in [0.25, 0.3) is 21.3 Å². The van der Waals surface area contributed by atoms with Crippen LogP contribution in [0.2, 0.25) is 0 Å². The summed E-state index contributed by atoms with van der Waals surface area (Å²) in [6.45, 7) is 0. The van der Waals surface area contributed by atoms with Crippen molar-refractivity contribution >= 4 is 39.0 Å². The summed E-state index contributed by atoms with van der Waals surface area (Å²) >= 11 is 1.31. The van der Waals surface area contributed by atoms with Crippen molar-refractivity contribution in [3.8, 4) is 10.6 Å². The number of amides is 2. The smallest absolute Gasteiger partial charge is 0.307 e. The normalized spacial score (nSPS) is 10.6. The van der Waals surface area contributed by atoms with Crippen molar-refractivity contribution in [2.24, 2.45) is 0 Å². The lowest BCUT2D eigenvalue weighted by Gasteiger charge is -2.08. The highest BCUT2D eigenvalue weighted by molar-refractivity contribution is 7.18. The molecule has 2 N–H and O–H groups in total. The molecule has 2 heterocycles. The lowest BCUT2D eigenvalue weighted by Crippen LogP contribution is -2.19. The average Bonchev–Trinajstić information content (AvgIpc) is 3.11. The molecule has 2 amide bonds. The molecular weight excluding hydrogens is 334 g/mol. The Morgan fingerprint density at radius 3 is 2.56 bits per heavy atom. The van der Waals surface area contributed by atoms with Crippen molar-refractivity contribution in [1.82, 2.24) is 15.2 Å². The number of anilines is 2. The van der Waals surface area contributed by atoms with E-state index in [1.54, 1.807) is 12.4 Å². The van der Waals surface area contributed by atoms with E-state index in [-0.39, 0.29) is 6.03 Å². The molecule has 7 heteroatoms. The molecule has 122 valence electrons. The van der Waals surface area contributed by atoms with Gasteiger partial charge in [-0.15, -0.1) is 10.2 Å². The number of fused-ring (bicyclic) bond motifs is 1. The topological polar surface area (TPSA) is 79.8 Å². The molecule has 0 spiro atoms. The lowest BCUT2D eigenvalue weighted by molar-refractivity contribution is 0.262. The third-order valence-corrected chi connectivity index (χ3v) is 4.50. The maximum Gasteiger partial charge on any atom is 0.325 e. The molecule has 2 aromatic carbocycles. The number of rotatable bonds is 3. The summed E-state index contributed by atoms with van der Waals surface area (Å²) in [6.07, 6.45) is 3.38. The van der Waals surface area contributed by atoms with Crippen LogP contribution in [0.15, 0.2) is 67.0 Å². The minimum absolute atomic E-state index is 0.353. The number of benzene rings is 2. The summed E-state index contributed by atoms with van der Waals surface area (Å²) in [6, 6.07) is 17.0. The third-order valence-electron chi connectivity index (χ3n) is 3.61. The Hall–Kier alpha value is -3.32. The highest BCUT2D eigenvalue weighted by Crippen LogP contribution is 2.26. The predicted octanol–water partition coefficient (Wildman–Crippen LogP) is 4.40. The van der Waals surface area contributed by atoms with Crippen molar-refractivity contribution in [1.29, 1.82) is 0 Å². The van der Waals surface area contributed by atoms with Gasteiger partial charge in [0, 0.05) is 23.3 Å². The van der Waals surface area contributed by atoms with Crippen LogP contribution in [0.1, 0.15) is 0 Å². The SMILES string of the molecule is O=C(Nc1nnc(-c2ccncc2)s1)Nc1cccc2ccccc12. The zero-order chi connectivity index (χ0) is 17.1. The minimum Gasteiger partial charge on any atom is -0.307 e. The second kappa shape index (κ2) is 6.66. The van der Waals surface area contributed by atoms with Gasteiger partial charge < -0.3 is 5.32 Å². The fraction of sp³-hybridized carbons (Fsp3) is 0. The Labute approximate surface area is 147 Å². The number of urea groups is 1. The maximum absolute atomic E-state index is 12.3. The number of carbonyl (C=O) groups is 1. The fourth-order valence-electron chi connectivity index (χ4n) is 2.47. The lowest BCUT2D eigenvalue weighted by atomic mass is 10.1. The van der Waals surface area contributed by atoms with Crippen LogP contribution in [0.5, 0.6) is 0 Å². The molecule has 4 rings (SSSR count). The summed E-state index contributed by atoms with van der Waals surface area (Å²) in [5.74, 6) is 0. The summed E-state index contributed by atoms with van der Waals surface area (Å²) < 4.78 is 0. The monoisotopic (exact) mass is 347 g/mol. The Kier molecular flexibility index (Phi) is 4.05. The van der Waals surface area contributed by atoms with Crippen LogP contribution in [0.4, 0.5) is 15.6 Å². The fourth-order valence-corrected chi connectivity index (χ4v) is 3.21. The molecule has 0 aliphatic carbocycles. The molecule has 0 unspecified atom stereocenters. The van der Waals surface area contributed by atoms with E-state index in [0.29, 0.717) is 5.13 Å². The van der Waals surface area contributed by atoms with Gasteiger partial charge >= 0.3 is 6.03 Å². The van der Waals surface area contributed by atoms with Gasteiger partial charge in [0.1, 0.15) is 5.01 Å². The molecule has 0 aliphatic rings. The van der Waals surface area contributed by atoms with Crippen LogP contribution in [-0.2, 0) is 0 Å². The highest BCUT2D eigenvalue weighted by atomic mass is 32.1. The first kappa shape index (κ1) is 15.2. The molecule has 0 radical (unpaired) electrons. The van der Waals surface area contributed by atoms with Gasteiger partial charge in [-0.3, -0.25) is 10.3 Å². The number of pyridine rings is 1. The number of nitrogens with one attached hydrogen (secondary N) is 2. The average molecular weight is 347 g/mol. The van der Waals surface area contributed by atoms with Crippen molar-refractivity contribution in [3.63, 3.8) is 0 Å². The summed E-state index contributed by atoms with van der Waals surface area (Å²) in [5.41, 5.74) is 1.66. The Morgan fingerprint density at radius 1 is 0.880 bits per heavy atom. The zero-order valence-electron chi connectivity index (χ0n) is 13.0. The van der Waals surface area contributed by atoms with Crippen molar-refractivity contribution in [3.05, 3.63) is 67.0 Å². The van der Waals surface area contributed by atoms with E-state index in [1.165, 1.54) is 11.3 Å². The zero-order valence-corrected chi connectivity index (χ0v) is 13.8. The first-order valence-corrected chi connectivity index (χ1v) is 8.41. The number of hydrogen-bond acceptors (Lipinski definition) is 5. The maximum atomic E-state index is 12.3. The quantitative estimate of drug-likeness (QED) is 0.576. The van der Waals surface area contributed by atoms with Crippen LogP contribution >= 0.6 is 11.3 Å². The molecule has 0 saturated carbocycles. The van der Waals surface area contributed by atoms with E-state index in [1.807, 2.05) is 54.6 Å². The van der Waals surface area contributed by atoms with E-state index in [2.05, 4.69) is 25.8 Å². The molecule has 6 nitrogen and oxygen atoms in total. The standard InChI is InChI=1S/C18H13N5OS/c24-17(20-15-7-3-5-12-4-1-2-6-14(12)15)21-18-23-22-16(25-18)13-8-10-19-11-9-13/h1-11H,(H2,20,21,23,24). The van der Waals surface area contributed by atoms with Crippen LogP contribution in [-0.4, -0.2) is 21.2 Å². The van der Waals surface area contributed by atoms with Crippen molar-refractivity contribution in [2.45, 2.75) is 0 Å². The second-order valence-corrected chi connectivity index (χ2v) is 6.23. The molecule has 2 aromatic heterocycles. The van der Waals surface area contributed by atoms with Gasteiger partial charge in [-0.05, 0) is 23.6 Å². The van der Waals surface area contributed by atoms with E-state index >= 15 is 0 Å². The molecule has 0 saturated heterocycles. The highest BCUT2D eigenvalue weighted by Gasteiger charge is 2.10. The molecular formula is C18H13N5OS. The molecule has 0 bridgehead atoms.